The first-order chi connectivity index (χ1) is 12.8. The smallest absolute Gasteiger partial charge is 0.302 e. The summed E-state index contributed by atoms with van der Waals surface area (Å²) in [5, 5.41) is 22.6. The Hall–Kier alpha value is -2.91. The first-order valence-electron chi connectivity index (χ1n) is 7.73. The first kappa shape index (κ1) is 18.9. The third-order valence-corrected chi connectivity index (χ3v) is 4.47. The number of benzene rings is 1. The first-order valence-corrected chi connectivity index (χ1v) is 8.49. The van der Waals surface area contributed by atoms with Crippen LogP contribution >= 0.6 is 23.2 Å². The molecule has 0 radical (unpaired) electrons. The standard InChI is InChI=1S/C16H14Cl2N6O3/c1-9-13(24(26)27)14(22(2)20-9)16(25)19-15-12(18)8-23(21-15)7-10-5-3-4-6-11(10)17/h3-6,8H,7H2,1-2H3,(H,19,21,25). The Morgan fingerprint density at radius 1 is 1.26 bits per heavy atom. The number of anilines is 1. The van der Waals surface area contributed by atoms with E-state index in [-0.39, 0.29) is 27.9 Å². The van der Waals surface area contributed by atoms with Gasteiger partial charge in [-0.3, -0.25) is 24.3 Å². The van der Waals surface area contributed by atoms with Gasteiger partial charge in [-0.15, -0.1) is 0 Å². The molecule has 0 saturated heterocycles. The summed E-state index contributed by atoms with van der Waals surface area (Å²) in [7, 11) is 1.45. The number of nitrogens with zero attached hydrogens (tertiary/aromatic N) is 5. The van der Waals surface area contributed by atoms with Gasteiger partial charge in [0.25, 0.3) is 5.91 Å². The number of amides is 1. The Morgan fingerprint density at radius 2 is 1.96 bits per heavy atom. The van der Waals surface area contributed by atoms with Gasteiger partial charge in [-0.2, -0.15) is 10.2 Å². The van der Waals surface area contributed by atoms with Crippen molar-refractivity contribution in [3.05, 3.63) is 67.6 Å². The molecule has 1 amide bonds. The third-order valence-electron chi connectivity index (χ3n) is 3.83. The van der Waals surface area contributed by atoms with Crippen molar-refractivity contribution in [2.45, 2.75) is 13.5 Å². The number of nitro groups is 1. The second-order valence-corrected chi connectivity index (χ2v) is 6.55. The largest absolute Gasteiger partial charge is 0.322 e. The molecule has 140 valence electrons. The minimum absolute atomic E-state index is 0.0851. The molecule has 1 aromatic carbocycles. The number of nitrogens with one attached hydrogen (secondary N) is 1. The Balaban J connectivity index is 1.85. The monoisotopic (exact) mass is 408 g/mol. The van der Waals surface area contributed by atoms with E-state index in [0.717, 1.165) is 10.2 Å². The van der Waals surface area contributed by atoms with E-state index in [4.69, 9.17) is 23.2 Å². The van der Waals surface area contributed by atoms with Crippen LogP contribution in [-0.4, -0.2) is 30.4 Å². The molecular formula is C16H14Cl2N6O3. The van der Waals surface area contributed by atoms with Crippen molar-refractivity contribution in [3.8, 4) is 0 Å². The summed E-state index contributed by atoms with van der Waals surface area (Å²) in [6, 6.07) is 7.27. The number of aromatic nitrogens is 4. The molecule has 2 aromatic heterocycles. The lowest BCUT2D eigenvalue weighted by Crippen LogP contribution is -2.18. The molecule has 0 atom stereocenters. The molecule has 0 saturated carbocycles. The molecule has 27 heavy (non-hydrogen) atoms. The summed E-state index contributed by atoms with van der Waals surface area (Å²) >= 11 is 12.3. The zero-order valence-corrected chi connectivity index (χ0v) is 15.8. The lowest BCUT2D eigenvalue weighted by molar-refractivity contribution is -0.385. The van der Waals surface area contributed by atoms with E-state index in [1.54, 1.807) is 6.07 Å². The maximum atomic E-state index is 12.5. The van der Waals surface area contributed by atoms with E-state index in [9.17, 15) is 14.9 Å². The van der Waals surface area contributed by atoms with Gasteiger partial charge in [0.1, 0.15) is 10.7 Å². The van der Waals surface area contributed by atoms with Gasteiger partial charge in [-0.1, -0.05) is 41.4 Å². The number of aryl methyl sites for hydroxylation is 2. The van der Waals surface area contributed by atoms with Crippen molar-refractivity contribution >= 4 is 40.6 Å². The van der Waals surface area contributed by atoms with Gasteiger partial charge in [-0.05, 0) is 18.6 Å². The van der Waals surface area contributed by atoms with Crippen LogP contribution in [0.3, 0.4) is 0 Å². The van der Waals surface area contributed by atoms with Crippen molar-refractivity contribution in [1.29, 1.82) is 0 Å². The maximum Gasteiger partial charge on any atom is 0.322 e. The molecule has 0 aliphatic heterocycles. The second-order valence-electron chi connectivity index (χ2n) is 5.73. The number of hydrogen-bond donors (Lipinski definition) is 1. The summed E-state index contributed by atoms with van der Waals surface area (Å²) in [6.45, 7) is 1.81. The summed E-state index contributed by atoms with van der Waals surface area (Å²) in [5.41, 5.74) is 0.424. The van der Waals surface area contributed by atoms with Crippen LogP contribution in [0.4, 0.5) is 11.5 Å². The second kappa shape index (κ2) is 7.37. The van der Waals surface area contributed by atoms with Crippen molar-refractivity contribution in [2.75, 3.05) is 5.32 Å². The number of halogens is 2. The number of carbonyl (C=O) groups excluding carboxylic acids is 1. The Labute approximate surface area is 163 Å². The molecule has 0 aliphatic carbocycles. The minimum atomic E-state index is -0.727. The number of carbonyl (C=O) groups is 1. The van der Waals surface area contributed by atoms with Crippen LogP contribution in [0.15, 0.2) is 30.5 Å². The molecular weight excluding hydrogens is 395 g/mol. The SMILES string of the molecule is Cc1nn(C)c(C(=O)Nc2nn(Cc3ccccc3Cl)cc2Cl)c1[N+](=O)[O-]. The zero-order chi connectivity index (χ0) is 19.7. The van der Waals surface area contributed by atoms with Gasteiger partial charge in [-0.25, -0.2) is 0 Å². The summed E-state index contributed by atoms with van der Waals surface area (Å²) < 4.78 is 2.67. The fourth-order valence-corrected chi connectivity index (χ4v) is 3.04. The lowest BCUT2D eigenvalue weighted by Gasteiger charge is -2.04. The minimum Gasteiger partial charge on any atom is -0.302 e. The topological polar surface area (TPSA) is 108 Å². The highest BCUT2D eigenvalue weighted by Gasteiger charge is 2.30. The highest BCUT2D eigenvalue weighted by molar-refractivity contribution is 6.33. The summed E-state index contributed by atoms with van der Waals surface area (Å²) in [6.07, 6.45) is 1.53. The van der Waals surface area contributed by atoms with Crippen molar-refractivity contribution in [2.24, 2.45) is 7.05 Å². The molecule has 11 heteroatoms. The molecule has 0 spiro atoms. The predicted molar refractivity (Wildman–Crippen MR) is 100 cm³/mol. The third kappa shape index (κ3) is 3.79. The van der Waals surface area contributed by atoms with Crippen molar-refractivity contribution in [3.63, 3.8) is 0 Å². The van der Waals surface area contributed by atoms with Crippen LogP contribution < -0.4 is 5.32 Å². The Bertz CT molecular complexity index is 1040. The van der Waals surface area contributed by atoms with Crippen LogP contribution in [-0.2, 0) is 13.6 Å². The van der Waals surface area contributed by atoms with E-state index in [0.29, 0.717) is 11.6 Å². The zero-order valence-electron chi connectivity index (χ0n) is 14.3. The average Bonchev–Trinajstić information content (AvgIpc) is 3.08. The predicted octanol–water partition coefficient (Wildman–Crippen LogP) is 3.44. The lowest BCUT2D eigenvalue weighted by atomic mass is 10.2. The molecule has 1 N–H and O–H groups in total. The highest BCUT2D eigenvalue weighted by atomic mass is 35.5. The van der Waals surface area contributed by atoms with E-state index in [2.05, 4.69) is 15.5 Å². The number of hydrogen-bond acceptors (Lipinski definition) is 5. The fraction of sp³-hybridized carbons (Fsp3) is 0.188. The molecule has 0 aliphatic rings. The van der Waals surface area contributed by atoms with Crippen molar-refractivity contribution < 1.29 is 9.72 Å². The van der Waals surface area contributed by atoms with Crippen molar-refractivity contribution in [1.82, 2.24) is 19.6 Å². The van der Waals surface area contributed by atoms with E-state index < -0.39 is 10.8 Å². The van der Waals surface area contributed by atoms with E-state index in [1.165, 1.54) is 24.9 Å². The fourth-order valence-electron chi connectivity index (χ4n) is 2.65. The average molecular weight is 409 g/mol. The molecule has 2 heterocycles. The molecule has 3 rings (SSSR count). The van der Waals surface area contributed by atoms with Crippen LogP contribution in [0.1, 0.15) is 21.7 Å². The summed E-state index contributed by atoms with van der Waals surface area (Å²) in [5.74, 6) is -0.642. The van der Waals surface area contributed by atoms with Gasteiger partial charge in [0.05, 0.1) is 11.5 Å². The molecule has 0 unspecified atom stereocenters. The highest BCUT2D eigenvalue weighted by Crippen LogP contribution is 2.26. The van der Waals surface area contributed by atoms with Gasteiger partial charge in [0, 0.05) is 18.3 Å². The molecule has 0 fully saturated rings. The Kier molecular flexibility index (Phi) is 5.15. The van der Waals surface area contributed by atoms with E-state index in [1.807, 2.05) is 18.2 Å². The molecule has 0 bridgehead atoms. The Morgan fingerprint density at radius 3 is 2.63 bits per heavy atom. The van der Waals surface area contributed by atoms with Gasteiger partial charge in [0.2, 0.25) is 5.69 Å². The van der Waals surface area contributed by atoms with Crippen LogP contribution in [0.2, 0.25) is 10.0 Å². The quantitative estimate of drug-likeness (QED) is 0.513. The van der Waals surface area contributed by atoms with Gasteiger partial charge < -0.3 is 5.32 Å². The normalized spacial score (nSPS) is 10.8. The van der Waals surface area contributed by atoms with Gasteiger partial charge >= 0.3 is 5.69 Å². The number of rotatable bonds is 5. The summed E-state index contributed by atoms with van der Waals surface area (Å²) in [4.78, 5) is 23.1. The molecule has 9 nitrogen and oxygen atoms in total. The van der Waals surface area contributed by atoms with Crippen LogP contribution in [0.25, 0.3) is 0 Å². The molecule has 3 aromatic rings. The maximum absolute atomic E-state index is 12.5. The van der Waals surface area contributed by atoms with Gasteiger partial charge in [0.15, 0.2) is 5.82 Å². The van der Waals surface area contributed by atoms with Crippen LogP contribution in [0.5, 0.6) is 0 Å². The van der Waals surface area contributed by atoms with Crippen LogP contribution in [0, 0.1) is 17.0 Å². The van der Waals surface area contributed by atoms with E-state index >= 15 is 0 Å².